The molecule has 1 N–H and O–H groups in total. The molecule has 0 amide bonds. The molecule has 4 nitrogen and oxygen atoms in total. The molecule has 0 spiro atoms. The molecule has 0 saturated carbocycles. The third kappa shape index (κ3) is 2.72. The van der Waals surface area contributed by atoms with E-state index < -0.39 is 11.7 Å². The van der Waals surface area contributed by atoms with Gasteiger partial charge in [0.2, 0.25) is 5.76 Å². The average molecular weight is 155 g/mol. The highest BCUT2D eigenvalue weighted by Crippen LogP contribution is 2.00. The fourth-order valence-corrected chi connectivity index (χ4v) is 0.405. The molecule has 0 aliphatic rings. The van der Waals surface area contributed by atoms with Crippen molar-refractivity contribution in [2.75, 3.05) is 6.61 Å². The van der Waals surface area contributed by atoms with Crippen LogP contribution < -0.4 is 0 Å². The van der Waals surface area contributed by atoms with E-state index in [4.69, 9.17) is 10.4 Å². The Morgan fingerprint density at radius 2 is 2.27 bits per heavy atom. The first-order valence-electron chi connectivity index (χ1n) is 3.10. The molecule has 0 unspecified atom stereocenters. The summed E-state index contributed by atoms with van der Waals surface area (Å²) in [7, 11) is 0. The molecule has 0 aromatic heterocycles. The maximum atomic E-state index is 10.7. The average Bonchev–Trinajstić information content (AvgIpc) is 2.02. The van der Waals surface area contributed by atoms with Gasteiger partial charge in [-0.15, -0.1) is 0 Å². The number of aliphatic hydroxyl groups is 1. The van der Waals surface area contributed by atoms with Gasteiger partial charge in [-0.25, -0.2) is 4.79 Å². The highest BCUT2D eigenvalue weighted by atomic mass is 16.5. The van der Waals surface area contributed by atoms with Gasteiger partial charge in [-0.3, -0.25) is 0 Å². The maximum Gasteiger partial charge on any atom is 0.374 e. The van der Waals surface area contributed by atoms with E-state index in [0.29, 0.717) is 0 Å². The second-order valence-corrected chi connectivity index (χ2v) is 1.81. The number of hydrogen-bond donors (Lipinski definition) is 1. The Labute approximate surface area is 64.7 Å². The van der Waals surface area contributed by atoms with Crippen LogP contribution in [-0.4, -0.2) is 17.7 Å². The van der Waals surface area contributed by atoms with E-state index in [0.717, 1.165) is 0 Å². The number of carbonyl (C=O) groups is 1. The quantitative estimate of drug-likeness (QED) is 0.278. The van der Waals surface area contributed by atoms with Crippen LogP contribution in [0.2, 0.25) is 0 Å². The number of nitrogens with zero attached hydrogens (tertiary/aromatic N) is 1. The minimum Gasteiger partial charge on any atom is -0.501 e. The molecule has 0 atom stereocenters. The van der Waals surface area contributed by atoms with Crippen molar-refractivity contribution < 1.29 is 14.6 Å². The lowest BCUT2D eigenvalue weighted by Crippen LogP contribution is -2.08. The molecule has 0 radical (unpaired) electrons. The molecular formula is C7H9NO3. The molecule has 0 aromatic carbocycles. The lowest BCUT2D eigenvalue weighted by Gasteiger charge is -1.99. The van der Waals surface area contributed by atoms with E-state index in [-0.39, 0.29) is 12.2 Å². The minimum absolute atomic E-state index is 0.0385. The number of hydrogen-bond acceptors (Lipinski definition) is 4. The standard InChI is InChI=1S/C7H9NO3/c1-3-11-7(10)6(9)5(2)4-8/h9H,3H2,1-2H3/b6-5-. The molecule has 0 aliphatic heterocycles. The van der Waals surface area contributed by atoms with E-state index in [2.05, 4.69) is 4.74 Å². The van der Waals surface area contributed by atoms with Crippen LogP contribution in [0.3, 0.4) is 0 Å². The van der Waals surface area contributed by atoms with E-state index in [1.165, 1.54) is 6.92 Å². The summed E-state index contributed by atoms with van der Waals surface area (Å²) in [5.41, 5.74) is -0.0385. The number of carbonyl (C=O) groups excluding carboxylic acids is 1. The van der Waals surface area contributed by atoms with Crippen LogP contribution in [0.15, 0.2) is 11.3 Å². The number of esters is 1. The third-order valence-corrected chi connectivity index (χ3v) is 0.992. The lowest BCUT2D eigenvalue weighted by molar-refractivity contribution is -0.141. The molecule has 0 rings (SSSR count). The zero-order chi connectivity index (χ0) is 8.85. The molecule has 4 heteroatoms. The molecule has 0 heterocycles. The van der Waals surface area contributed by atoms with Crippen molar-refractivity contribution in [2.24, 2.45) is 0 Å². The highest BCUT2D eigenvalue weighted by molar-refractivity contribution is 5.87. The van der Waals surface area contributed by atoms with Gasteiger partial charge in [0.15, 0.2) is 0 Å². The Morgan fingerprint density at radius 3 is 2.64 bits per heavy atom. The molecule has 0 aromatic rings. The van der Waals surface area contributed by atoms with E-state index in [1.807, 2.05) is 0 Å². The molecule has 0 fully saturated rings. The first-order chi connectivity index (χ1) is 5.13. The van der Waals surface area contributed by atoms with Gasteiger partial charge in [-0.1, -0.05) is 0 Å². The van der Waals surface area contributed by atoms with Crippen molar-refractivity contribution in [3.05, 3.63) is 11.3 Å². The summed E-state index contributed by atoms with van der Waals surface area (Å²) < 4.78 is 4.43. The van der Waals surface area contributed by atoms with Crippen LogP contribution in [0, 0.1) is 11.3 Å². The van der Waals surface area contributed by atoms with Crippen molar-refractivity contribution in [1.29, 1.82) is 5.26 Å². The zero-order valence-electron chi connectivity index (χ0n) is 6.42. The number of allylic oxidation sites excluding steroid dienone is 1. The summed E-state index contributed by atoms with van der Waals surface area (Å²) in [6.45, 7) is 3.14. The van der Waals surface area contributed by atoms with Crippen LogP contribution in [0.5, 0.6) is 0 Å². The summed E-state index contributed by atoms with van der Waals surface area (Å²) in [5.74, 6) is -1.47. The Kier molecular flexibility index (Phi) is 3.75. The van der Waals surface area contributed by atoms with Crippen molar-refractivity contribution in [1.82, 2.24) is 0 Å². The Morgan fingerprint density at radius 1 is 1.73 bits per heavy atom. The van der Waals surface area contributed by atoms with Gasteiger partial charge in [0, 0.05) is 0 Å². The van der Waals surface area contributed by atoms with Gasteiger partial charge >= 0.3 is 5.97 Å². The van der Waals surface area contributed by atoms with Crippen LogP contribution in [0.4, 0.5) is 0 Å². The molecule has 11 heavy (non-hydrogen) atoms. The largest absolute Gasteiger partial charge is 0.501 e. The van der Waals surface area contributed by atoms with Crippen LogP contribution in [0.1, 0.15) is 13.8 Å². The lowest BCUT2D eigenvalue weighted by atomic mass is 10.3. The fourth-order valence-electron chi connectivity index (χ4n) is 0.405. The molecule has 0 bridgehead atoms. The third-order valence-electron chi connectivity index (χ3n) is 0.992. The molecule has 0 aliphatic carbocycles. The van der Waals surface area contributed by atoms with Gasteiger partial charge in [0.1, 0.15) is 0 Å². The second-order valence-electron chi connectivity index (χ2n) is 1.81. The van der Waals surface area contributed by atoms with Gasteiger partial charge in [-0.05, 0) is 13.8 Å². The summed E-state index contributed by atoms with van der Waals surface area (Å²) in [6.07, 6.45) is 0. The predicted octanol–water partition coefficient (Wildman–Crippen LogP) is 0.905. The number of ether oxygens (including phenoxy) is 1. The zero-order valence-corrected chi connectivity index (χ0v) is 6.42. The van der Waals surface area contributed by atoms with Gasteiger partial charge in [0.05, 0.1) is 18.2 Å². The van der Waals surface area contributed by atoms with Crippen molar-refractivity contribution >= 4 is 5.97 Å². The van der Waals surface area contributed by atoms with Crippen molar-refractivity contribution in [3.63, 3.8) is 0 Å². The van der Waals surface area contributed by atoms with Crippen molar-refractivity contribution in [3.8, 4) is 6.07 Å². The van der Waals surface area contributed by atoms with Crippen LogP contribution >= 0.6 is 0 Å². The Bertz CT molecular complexity index is 224. The normalized spacial score (nSPS) is 11.4. The molecule has 60 valence electrons. The van der Waals surface area contributed by atoms with Gasteiger partial charge in [-0.2, -0.15) is 5.26 Å². The van der Waals surface area contributed by atoms with E-state index in [1.54, 1.807) is 13.0 Å². The summed E-state index contributed by atoms with van der Waals surface area (Å²) in [5, 5.41) is 17.1. The highest BCUT2D eigenvalue weighted by Gasteiger charge is 2.11. The summed E-state index contributed by atoms with van der Waals surface area (Å²) in [4.78, 5) is 10.7. The van der Waals surface area contributed by atoms with Crippen molar-refractivity contribution in [2.45, 2.75) is 13.8 Å². The SMILES string of the molecule is CCOC(=O)/C(O)=C(\C)C#N. The molecular weight excluding hydrogens is 146 g/mol. The summed E-state index contributed by atoms with van der Waals surface area (Å²) >= 11 is 0. The van der Waals surface area contributed by atoms with Crippen LogP contribution in [-0.2, 0) is 9.53 Å². The minimum atomic E-state index is -0.855. The number of rotatable bonds is 2. The predicted molar refractivity (Wildman–Crippen MR) is 37.6 cm³/mol. The topological polar surface area (TPSA) is 70.3 Å². The van der Waals surface area contributed by atoms with Crippen LogP contribution in [0.25, 0.3) is 0 Å². The smallest absolute Gasteiger partial charge is 0.374 e. The Hall–Kier alpha value is -1.50. The first-order valence-corrected chi connectivity index (χ1v) is 3.10. The number of aliphatic hydroxyl groups excluding tert-OH is 1. The Balaban J connectivity index is 4.37. The fraction of sp³-hybridized carbons (Fsp3) is 0.429. The summed E-state index contributed by atoms with van der Waals surface area (Å²) in [6, 6.07) is 1.63. The van der Waals surface area contributed by atoms with Gasteiger partial charge in [0.25, 0.3) is 0 Å². The maximum absolute atomic E-state index is 10.7. The first kappa shape index (κ1) is 9.50. The van der Waals surface area contributed by atoms with E-state index in [9.17, 15) is 4.79 Å². The second kappa shape index (κ2) is 4.34. The molecule has 0 saturated heterocycles. The number of nitriles is 1. The van der Waals surface area contributed by atoms with Gasteiger partial charge < -0.3 is 9.84 Å². The monoisotopic (exact) mass is 155 g/mol. The van der Waals surface area contributed by atoms with E-state index >= 15 is 0 Å².